The molecule has 0 amide bonds. The van der Waals surface area contributed by atoms with Gasteiger partial charge < -0.3 is 9.47 Å². The van der Waals surface area contributed by atoms with E-state index in [-0.39, 0.29) is 6.10 Å². The summed E-state index contributed by atoms with van der Waals surface area (Å²) in [6, 6.07) is 10.4. The molecule has 0 fully saturated rings. The van der Waals surface area contributed by atoms with Crippen molar-refractivity contribution in [1.82, 2.24) is 0 Å². The van der Waals surface area contributed by atoms with Gasteiger partial charge in [0, 0.05) is 13.2 Å². The van der Waals surface area contributed by atoms with Crippen molar-refractivity contribution in [3.63, 3.8) is 0 Å². The number of ether oxygens (including phenoxy) is 2. The molecule has 16 heavy (non-hydrogen) atoms. The molecule has 0 saturated heterocycles. The van der Waals surface area contributed by atoms with Crippen molar-refractivity contribution in [2.24, 2.45) is 0 Å². The molecule has 1 unspecified atom stereocenters. The molecular formula is C14H21O2. The monoisotopic (exact) mass is 221 g/mol. The van der Waals surface area contributed by atoms with Gasteiger partial charge in [-0.2, -0.15) is 0 Å². The number of hydrogen-bond acceptors (Lipinski definition) is 2. The van der Waals surface area contributed by atoms with Crippen LogP contribution in [0.25, 0.3) is 0 Å². The first-order valence-electron chi connectivity index (χ1n) is 5.89. The molecule has 2 heteroatoms. The maximum atomic E-state index is 5.53. The highest BCUT2D eigenvalue weighted by Crippen LogP contribution is 2.03. The van der Waals surface area contributed by atoms with E-state index in [4.69, 9.17) is 9.47 Å². The number of benzene rings is 1. The normalized spacial score (nSPS) is 12.6. The Bertz CT molecular complexity index is 259. The third-order valence-corrected chi connectivity index (χ3v) is 2.31. The van der Waals surface area contributed by atoms with Gasteiger partial charge in [0.2, 0.25) is 0 Å². The number of rotatable bonds is 8. The van der Waals surface area contributed by atoms with E-state index >= 15 is 0 Å². The molecule has 0 aliphatic carbocycles. The highest BCUT2D eigenvalue weighted by atomic mass is 16.5. The lowest BCUT2D eigenvalue weighted by molar-refractivity contribution is 0.00964. The first-order valence-corrected chi connectivity index (χ1v) is 5.89. The number of aryl methyl sites for hydroxylation is 1. The molecule has 1 rings (SSSR count). The first kappa shape index (κ1) is 13.2. The Kier molecular flexibility index (Phi) is 6.86. The molecule has 1 radical (unpaired) electrons. The van der Waals surface area contributed by atoms with E-state index in [1.807, 2.05) is 13.0 Å². The van der Waals surface area contributed by atoms with Crippen LogP contribution in [0, 0.1) is 6.92 Å². The van der Waals surface area contributed by atoms with Gasteiger partial charge in [-0.05, 0) is 32.3 Å². The third kappa shape index (κ3) is 5.89. The summed E-state index contributed by atoms with van der Waals surface area (Å²) in [4.78, 5) is 0. The van der Waals surface area contributed by atoms with E-state index in [0.717, 1.165) is 26.1 Å². The summed E-state index contributed by atoms with van der Waals surface area (Å²) in [6.45, 7) is 7.90. The lowest BCUT2D eigenvalue weighted by Crippen LogP contribution is -2.17. The minimum Gasteiger partial charge on any atom is -0.379 e. The topological polar surface area (TPSA) is 18.5 Å². The lowest BCUT2D eigenvalue weighted by Gasteiger charge is -2.12. The van der Waals surface area contributed by atoms with E-state index in [2.05, 4.69) is 31.2 Å². The Morgan fingerprint density at radius 3 is 2.69 bits per heavy atom. The molecule has 0 spiro atoms. The largest absolute Gasteiger partial charge is 0.379 e. The molecule has 0 N–H and O–H groups in total. The second-order valence-corrected chi connectivity index (χ2v) is 3.74. The van der Waals surface area contributed by atoms with Crippen molar-refractivity contribution < 1.29 is 9.47 Å². The summed E-state index contributed by atoms with van der Waals surface area (Å²) in [5, 5.41) is 0. The van der Waals surface area contributed by atoms with Gasteiger partial charge >= 0.3 is 0 Å². The van der Waals surface area contributed by atoms with Crippen molar-refractivity contribution in [1.29, 1.82) is 0 Å². The standard InChI is InChI=1S/C14H21O2/c1-3-15-12-13(2)16-11-7-10-14-8-5-4-6-9-14/h4-6,8-9,13H,2-3,7,10-12H2,1H3. The SMILES string of the molecule is [CH2]C(COCC)OCCCc1ccccc1. The van der Waals surface area contributed by atoms with E-state index in [1.54, 1.807) is 0 Å². The van der Waals surface area contributed by atoms with Crippen molar-refractivity contribution in [3.05, 3.63) is 42.8 Å². The van der Waals surface area contributed by atoms with Crippen LogP contribution in [-0.2, 0) is 15.9 Å². The zero-order valence-corrected chi connectivity index (χ0v) is 10.0. The molecular weight excluding hydrogens is 200 g/mol. The van der Waals surface area contributed by atoms with E-state index in [1.165, 1.54) is 5.56 Å². The van der Waals surface area contributed by atoms with Crippen LogP contribution in [0.1, 0.15) is 18.9 Å². The summed E-state index contributed by atoms with van der Waals surface area (Å²) in [5.41, 5.74) is 1.36. The van der Waals surface area contributed by atoms with Gasteiger partial charge in [0.15, 0.2) is 0 Å². The van der Waals surface area contributed by atoms with Crippen LogP contribution < -0.4 is 0 Å². The van der Waals surface area contributed by atoms with Crippen LogP contribution in [0.3, 0.4) is 0 Å². The molecule has 0 aromatic heterocycles. The van der Waals surface area contributed by atoms with Gasteiger partial charge in [-0.15, -0.1) is 0 Å². The lowest BCUT2D eigenvalue weighted by atomic mass is 10.1. The maximum Gasteiger partial charge on any atom is 0.0809 e. The highest BCUT2D eigenvalue weighted by Gasteiger charge is 2.01. The van der Waals surface area contributed by atoms with Crippen LogP contribution in [0.4, 0.5) is 0 Å². The van der Waals surface area contributed by atoms with Gasteiger partial charge in [0.25, 0.3) is 0 Å². The van der Waals surface area contributed by atoms with Crippen LogP contribution in [0.2, 0.25) is 0 Å². The molecule has 1 aromatic rings. The van der Waals surface area contributed by atoms with E-state index in [0.29, 0.717) is 6.61 Å². The molecule has 0 aliphatic rings. The molecule has 89 valence electrons. The summed E-state index contributed by atoms with van der Waals surface area (Å²) in [5.74, 6) is 0. The quantitative estimate of drug-likeness (QED) is 0.628. The average molecular weight is 221 g/mol. The van der Waals surface area contributed by atoms with Crippen molar-refractivity contribution in [2.45, 2.75) is 25.9 Å². The van der Waals surface area contributed by atoms with Crippen molar-refractivity contribution >= 4 is 0 Å². The minimum absolute atomic E-state index is 0.0456. The highest BCUT2D eigenvalue weighted by molar-refractivity contribution is 5.14. The average Bonchev–Trinajstić information content (AvgIpc) is 2.33. The molecule has 0 aliphatic heterocycles. The van der Waals surface area contributed by atoms with Crippen LogP contribution in [0.15, 0.2) is 30.3 Å². The molecule has 0 saturated carbocycles. The number of hydrogen-bond donors (Lipinski definition) is 0. The zero-order valence-electron chi connectivity index (χ0n) is 10.0. The Balaban J connectivity index is 2.03. The minimum atomic E-state index is -0.0456. The Hall–Kier alpha value is -0.860. The second kappa shape index (κ2) is 8.31. The maximum absolute atomic E-state index is 5.53. The zero-order chi connectivity index (χ0) is 11.6. The van der Waals surface area contributed by atoms with Crippen molar-refractivity contribution in [2.75, 3.05) is 19.8 Å². The Morgan fingerprint density at radius 1 is 1.25 bits per heavy atom. The molecule has 0 heterocycles. The van der Waals surface area contributed by atoms with Gasteiger partial charge in [-0.25, -0.2) is 0 Å². The Morgan fingerprint density at radius 2 is 2.00 bits per heavy atom. The predicted octanol–water partition coefficient (Wildman–Crippen LogP) is 2.87. The first-order chi connectivity index (χ1) is 7.83. The fraction of sp³-hybridized carbons (Fsp3) is 0.500. The summed E-state index contributed by atoms with van der Waals surface area (Å²) in [6.07, 6.45) is 2.04. The van der Waals surface area contributed by atoms with Crippen molar-refractivity contribution in [3.8, 4) is 0 Å². The fourth-order valence-corrected chi connectivity index (χ4v) is 1.47. The summed E-state index contributed by atoms with van der Waals surface area (Å²) < 4.78 is 10.8. The summed E-state index contributed by atoms with van der Waals surface area (Å²) in [7, 11) is 0. The molecule has 2 nitrogen and oxygen atoms in total. The van der Waals surface area contributed by atoms with E-state index in [9.17, 15) is 0 Å². The fourth-order valence-electron chi connectivity index (χ4n) is 1.47. The van der Waals surface area contributed by atoms with Gasteiger partial charge in [-0.3, -0.25) is 0 Å². The predicted molar refractivity (Wildman–Crippen MR) is 66.4 cm³/mol. The van der Waals surface area contributed by atoms with Crippen LogP contribution >= 0.6 is 0 Å². The third-order valence-electron chi connectivity index (χ3n) is 2.31. The molecule has 0 bridgehead atoms. The molecule has 1 atom stereocenters. The van der Waals surface area contributed by atoms with Crippen LogP contribution in [-0.4, -0.2) is 25.9 Å². The summed E-state index contributed by atoms with van der Waals surface area (Å²) >= 11 is 0. The second-order valence-electron chi connectivity index (χ2n) is 3.74. The van der Waals surface area contributed by atoms with E-state index < -0.39 is 0 Å². The van der Waals surface area contributed by atoms with Gasteiger partial charge in [0.05, 0.1) is 12.7 Å². The molecule has 1 aromatic carbocycles. The van der Waals surface area contributed by atoms with Gasteiger partial charge in [-0.1, -0.05) is 30.3 Å². The van der Waals surface area contributed by atoms with Crippen LogP contribution in [0.5, 0.6) is 0 Å². The Labute approximate surface area is 98.6 Å². The van der Waals surface area contributed by atoms with Gasteiger partial charge in [0.1, 0.15) is 0 Å². The smallest absolute Gasteiger partial charge is 0.0809 e.